The topological polar surface area (TPSA) is 194 Å². The third kappa shape index (κ3) is 2.92. The molecule has 2 aromatic heterocycles. The first-order valence-corrected chi connectivity index (χ1v) is 9.91. The van der Waals surface area contributed by atoms with Crippen LogP contribution in [-0.4, -0.2) is 104 Å². The lowest BCUT2D eigenvalue weighted by Gasteiger charge is -2.52. The van der Waals surface area contributed by atoms with Crippen LogP contribution < -0.4 is 5.73 Å². The maximum Gasteiger partial charge on any atom is 0.337 e. The Morgan fingerprint density at radius 2 is 2.06 bits per heavy atom. The van der Waals surface area contributed by atoms with Gasteiger partial charge < -0.3 is 44.7 Å². The highest BCUT2D eigenvalue weighted by molar-refractivity contribution is 5.81. The number of aliphatic hydroxyl groups is 3. The number of carbonyl (C=O) groups excluding carboxylic acids is 1. The number of esters is 1. The summed E-state index contributed by atoms with van der Waals surface area (Å²) in [5, 5.41) is 32.1. The van der Waals surface area contributed by atoms with Gasteiger partial charge in [-0.15, -0.1) is 0 Å². The number of aromatic nitrogens is 4. The van der Waals surface area contributed by atoms with Gasteiger partial charge in [0.25, 0.3) is 0 Å². The molecular weight excluding hydrogens is 430 g/mol. The summed E-state index contributed by atoms with van der Waals surface area (Å²) in [6, 6.07) is 0. The number of aliphatic hydroxyl groups excluding tert-OH is 2. The largest absolute Gasteiger partial charge is 0.467 e. The summed E-state index contributed by atoms with van der Waals surface area (Å²) >= 11 is 0. The molecule has 3 saturated heterocycles. The Labute approximate surface area is 180 Å². The molecule has 5 N–H and O–H groups in total. The van der Waals surface area contributed by atoms with Gasteiger partial charge in [0.05, 0.1) is 19.5 Å². The molecule has 174 valence electrons. The molecule has 32 heavy (non-hydrogen) atoms. The molecule has 5 rings (SSSR count). The number of nitrogen functional groups attached to an aromatic ring is 1. The predicted octanol–water partition coefficient (Wildman–Crippen LogP) is -2.54. The van der Waals surface area contributed by atoms with Crippen LogP contribution in [0.1, 0.15) is 12.6 Å². The Hall–Kier alpha value is -2.46. The van der Waals surface area contributed by atoms with E-state index in [2.05, 4.69) is 19.7 Å². The Morgan fingerprint density at radius 3 is 2.78 bits per heavy atom. The van der Waals surface area contributed by atoms with Crippen molar-refractivity contribution in [1.29, 1.82) is 0 Å². The van der Waals surface area contributed by atoms with Crippen molar-refractivity contribution in [2.24, 2.45) is 0 Å². The number of imidazole rings is 1. The Balaban J connectivity index is 1.47. The maximum absolute atomic E-state index is 12.0. The average Bonchev–Trinajstić information content (AvgIpc) is 3.36. The molecule has 2 aromatic rings. The van der Waals surface area contributed by atoms with Gasteiger partial charge >= 0.3 is 5.97 Å². The molecule has 5 heterocycles. The highest BCUT2D eigenvalue weighted by atomic mass is 16.7. The Morgan fingerprint density at radius 1 is 1.28 bits per heavy atom. The monoisotopic (exact) mass is 453 g/mol. The van der Waals surface area contributed by atoms with Gasteiger partial charge in [-0.2, -0.15) is 0 Å². The molecule has 1 unspecified atom stereocenters. The van der Waals surface area contributed by atoms with E-state index in [1.54, 1.807) is 4.57 Å². The zero-order chi connectivity index (χ0) is 22.8. The van der Waals surface area contributed by atoms with Crippen LogP contribution in [0.15, 0.2) is 12.7 Å². The fourth-order valence-corrected chi connectivity index (χ4v) is 4.64. The van der Waals surface area contributed by atoms with Crippen molar-refractivity contribution < 1.29 is 43.8 Å². The zero-order valence-electron chi connectivity index (χ0n) is 17.1. The van der Waals surface area contributed by atoms with E-state index >= 15 is 0 Å². The minimum absolute atomic E-state index is 0.0402. The molecule has 9 atom stereocenters. The van der Waals surface area contributed by atoms with Crippen molar-refractivity contribution in [2.75, 3.05) is 20.0 Å². The first-order valence-electron chi connectivity index (χ1n) is 9.91. The fraction of sp³-hybridized carbons (Fsp3) is 0.667. The van der Waals surface area contributed by atoms with Crippen molar-refractivity contribution >= 4 is 23.0 Å². The normalized spacial score (nSPS) is 41.3. The van der Waals surface area contributed by atoms with Gasteiger partial charge in [-0.25, -0.2) is 19.7 Å². The minimum Gasteiger partial charge on any atom is -0.467 e. The second kappa shape index (κ2) is 7.55. The number of hydrogen-bond donors (Lipinski definition) is 4. The molecule has 0 saturated carbocycles. The number of nitrogens with zero attached hydrogens (tertiary/aromatic N) is 4. The number of rotatable bonds is 3. The van der Waals surface area contributed by atoms with Crippen molar-refractivity contribution in [2.45, 2.75) is 61.2 Å². The predicted molar refractivity (Wildman–Crippen MR) is 102 cm³/mol. The van der Waals surface area contributed by atoms with Gasteiger partial charge in [0.15, 0.2) is 23.8 Å². The average molecular weight is 453 g/mol. The highest BCUT2D eigenvalue weighted by Crippen LogP contribution is 2.46. The maximum atomic E-state index is 12.0. The van der Waals surface area contributed by atoms with Gasteiger partial charge in [-0.1, -0.05) is 0 Å². The smallest absolute Gasteiger partial charge is 0.337 e. The van der Waals surface area contributed by atoms with E-state index in [4.69, 9.17) is 24.7 Å². The lowest BCUT2D eigenvalue weighted by atomic mass is 9.84. The molecule has 3 aliphatic heterocycles. The van der Waals surface area contributed by atoms with Gasteiger partial charge in [-0.05, 0) is 0 Å². The number of carbonyl (C=O) groups is 1. The molecule has 14 nitrogen and oxygen atoms in total. The molecule has 0 bridgehead atoms. The summed E-state index contributed by atoms with van der Waals surface area (Å²) in [5.74, 6) is -2.99. The van der Waals surface area contributed by atoms with E-state index in [0.717, 1.165) is 7.11 Å². The van der Waals surface area contributed by atoms with Gasteiger partial charge in [0.1, 0.15) is 42.4 Å². The molecule has 0 aromatic carbocycles. The summed E-state index contributed by atoms with van der Waals surface area (Å²) < 4.78 is 29.4. The zero-order valence-corrected chi connectivity index (χ0v) is 17.1. The van der Waals surface area contributed by atoms with Gasteiger partial charge in [0.2, 0.25) is 5.79 Å². The number of methoxy groups -OCH3 is 2. The summed E-state index contributed by atoms with van der Waals surface area (Å²) in [7, 11) is 2.57. The molecular formula is C18H23N5O9. The molecule has 14 heteroatoms. The van der Waals surface area contributed by atoms with E-state index in [9.17, 15) is 20.1 Å². The molecule has 3 fully saturated rings. The molecule has 0 aliphatic carbocycles. The van der Waals surface area contributed by atoms with Crippen LogP contribution in [-0.2, 0) is 28.5 Å². The van der Waals surface area contributed by atoms with Gasteiger partial charge in [-0.3, -0.25) is 4.57 Å². The summed E-state index contributed by atoms with van der Waals surface area (Å²) in [5.41, 5.74) is 6.66. The standard InChI is InChI=1S/C18H23N5O9/c1-28-12-10-6(30-16(12)23-5-22-8-14(19)20-4-21-15(8)23)3-7-18(27,32-10)13(25)9(24)11(31-7)17(26)29-2/h4-7,9-13,16,24-25,27H,3H2,1-2H3,(H2,19,20,21)/t6-,7-,9+,10-,11-,12+,13-,16?,18-/m0/s1. The second-order valence-electron chi connectivity index (χ2n) is 7.92. The Kier molecular flexibility index (Phi) is 5.05. The van der Waals surface area contributed by atoms with Crippen LogP contribution in [0, 0.1) is 0 Å². The first kappa shape index (κ1) is 21.4. The van der Waals surface area contributed by atoms with Crippen molar-refractivity contribution in [1.82, 2.24) is 19.5 Å². The third-order valence-corrected chi connectivity index (χ3v) is 6.25. The van der Waals surface area contributed by atoms with E-state index < -0.39 is 60.7 Å². The van der Waals surface area contributed by atoms with E-state index in [1.165, 1.54) is 19.8 Å². The number of ether oxygens (including phenoxy) is 5. The van der Waals surface area contributed by atoms with Gasteiger partial charge in [0, 0.05) is 13.5 Å². The van der Waals surface area contributed by atoms with Crippen molar-refractivity contribution in [3.05, 3.63) is 12.7 Å². The first-order chi connectivity index (χ1) is 15.3. The van der Waals surface area contributed by atoms with Crippen LogP contribution in [0.5, 0.6) is 0 Å². The van der Waals surface area contributed by atoms with E-state index in [-0.39, 0.29) is 12.2 Å². The number of nitrogens with two attached hydrogens (primary N) is 1. The van der Waals surface area contributed by atoms with Crippen LogP contribution in [0.4, 0.5) is 5.82 Å². The number of anilines is 1. The highest BCUT2D eigenvalue weighted by Gasteiger charge is 2.65. The van der Waals surface area contributed by atoms with Crippen LogP contribution in [0.25, 0.3) is 11.2 Å². The third-order valence-electron chi connectivity index (χ3n) is 6.25. The van der Waals surface area contributed by atoms with Crippen LogP contribution in [0.2, 0.25) is 0 Å². The van der Waals surface area contributed by atoms with Crippen LogP contribution >= 0.6 is 0 Å². The number of fused-ring (bicyclic) bond motifs is 3. The SMILES string of the molecule is COC(=O)[C@H]1O[C@H]2C[C@@H]3OC(n4cnc5c(N)ncnc54)[C@H](OC)[C@H]3O[C@]2(O)[C@@H](O)[C@@H]1O. The minimum atomic E-state index is -2.30. The molecule has 0 spiro atoms. The van der Waals surface area contributed by atoms with Crippen molar-refractivity contribution in [3.8, 4) is 0 Å². The number of hydrogen-bond acceptors (Lipinski definition) is 13. The van der Waals surface area contributed by atoms with E-state index in [0.29, 0.717) is 11.2 Å². The van der Waals surface area contributed by atoms with E-state index in [1.807, 2.05) is 0 Å². The second-order valence-corrected chi connectivity index (χ2v) is 7.92. The molecule has 0 amide bonds. The summed E-state index contributed by atoms with van der Waals surface area (Å²) in [4.78, 5) is 24.3. The summed E-state index contributed by atoms with van der Waals surface area (Å²) in [6.07, 6.45) is -6.47. The quantitative estimate of drug-likeness (QED) is 0.355. The summed E-state index contributed by atoms with van der Waals surface area (Å²) in [6.45, 7) is 0. The van der Waals surface area contributed by atoms with Crippen LogP contribution in [0.3, 0.4) is 0 Å². The lowest BCUT2D eigenvalue weighted by Crippen LogP contribution is -2.72. The fourth-order valence-electron chi connectivity index (χ4n) is 4.64. The molecule has 3 aliphatic rings. The van der Waals surface area contributed by atoms with Crippen molar-refractivity contribution in [3.63, 3.8) is 0 Å². The lowest BCUT2D eigenvalue weighted by molar-refractivity contribution is -0.397. The Bertz CT molecular complexity index is 1040. The molecule has 0 radical (unpaired) electrons.